The fourth-order valence-corrected chi connectivity index (χ4v) is 3.31. The molecule has 3 nitrogen and oxygen atoms in total. The summed E-state index contributed by atoms with van der Waals surface area (Å²) >= 11 is 11.9. The number of halogens is 3. The molecule has 0 radical (unpaired) electrons. The van der Waals surface area contributed by atoms with E-state index in [0.717, 1.165) is 26.1 Å². The summed E-state index contributed by atoms with van der Waals surface area (Å²) < 4.78 is 11.3. The second-order valence-electron chi connectivity index (χ2n) is 5.83. The first kappa shape index (κ1) is 20.3. The van der Waals surface area contributed by atoms with Gasteiger partial charge in [0.15, 0.2) is 0 Å². The number of hydrogen-bond acceptors (Lipinski definition) is 3. The zero-order chi connectivity index (χ0) is 16.8. The predicted octanol–water partition coefficient (Wildman–Crippen LogP) is 1.45. The third-order valence-corrected chi connectivity index (χ3v) is 4.67. The van der Waals surface area contributed by atoms with Crippen molar-refractivity contribution in [1.82, 2.24) is 4.90 Å². The zero-order valence-corrected chi connectivity index (χ0v) is 16.2. The van der Waals surface area contributed by atoms with E-state index in [2.05, 4.69) is 29.2 Å². The summed E-state index contributed by atoms with van der Waals surface area (Å²) in [6.45, 7) is 4.77. The Morgan fingerprint density at radius 3 is 2.56 bits per heavy atom. The number of benzene rings is 2. The van der Waals surface area contributed by atoms with E-state index < -0.39 is 0 Å². The Kier molecular flexibility index (Phi) is 8.34. The van der Waals surface area contributed by atoms with E-state index in [0.29, 0.717) is 35.6 Å². The van der Waals surface area contributed by atoms with Crippen LogP contribution in [0.5, 0.6) is 5.75 Å². The van der Waals surface area contributed by atoms with Crippen LogP contribution in [0.2, 0.25) is 10.0 Å². The molecule has 1 aliphatic heterocycles. The molecule has 2 aromatic carbocycles. The van der Waals surface area contributed by atoms with Crippen molar-refractivity contribution in [3.05, 3.63) is 63.6 Å². The highest BCUT2D eigenvalue weighted by Gasteiger charge is 2.14. The van der Waals surface area contributed by atoms with Crippen molar-refractivity contribution >= 4 is 23.2 Å². The van der Waals surface area contributed by atoms with E-state index in [4.69, 9.17) is 32.7 Å². The van der Waals surface area contributed by atoms with Gasteiger partial charge in [0, 0.05) is 24.7 Å². The molecule has 6 heteroatoms. The zero-order valence-electron chi connectivity index (χ0n) is 13.9. The third-order valence-electron chi connectivity index (χ3n) is 4.14. The van der Waals surface area contributed by atoms with Gasteiger partial charge in [-0.1, -0.05) is 47.5 Å². The number of nitrogens with zero attached hydrogens (tertiary/aromatic N) is 1. The molecule has 0 N–H and O–H groups in total. The molecular weight excluding hydrogens is 381 g/mol. The highest BCUT2D eigenvalue weighted by atomic mass is 35.5. The first-order chi connectivity index (χ1) is 11.7. The number of rotatable bonds is 7. The van der Waals surface area contributed by atoms with E-state index in [1.807, 2.05) is 0 Å². The molecule has 0 spiro atoms. The molecule has 1 heterocycles. The van der Waals surface area contributed by atoms with Gasteiger partial charge < -0.3 is 21.9 Å². The van der Waals surface area contributed by atoms with Crippen molar-refractivity contribution in [3.63, 3.8) is 0 Å². The van der Waals surface area contributed by atoms with Crippen molar-refractivity contribution in [3.8, 4) is 5.75 Å². The minimum absolute atomic E-state index is 0. The minimum atomic E-state index is 0. The Labute approximate surface area is 165 Å². The van der Waals surface area contributed by atoms with E-state index in [1.54, 1.807) is 18.2 Å². The second kappa shape index (κ2) is 10.2. The van der Waals surface area contributed by atoms with Crippen LogP contribution in [-0.2, 0) is 17.7 Å². The minimum Gasteiger partial charge on any atom is -1.00 e. The summed E-state index contributed by atoms with van der Waals surface area (Å²) in [6.07, 6.45) is 1.12. The molecule has 0 saturated carbocycles. The van der Waals surface area contributed by atoms with Gasteiger partial charge in [0.05, 0.1) is 18.2 Å². The normalized spacial score (nSPS) is 13.8. The lowest BCUT2D eigenvalue weighted by molar-refractivity contribution is -0.00000550. The topological polar surface area (TPSA) is 21.7 Å². The molecule has 0 bridgehead atoms. The molecule has 0 amide bonds. The average Bonchev–Trinajstić information content (AvgIpc) is 2.59. The van der Waals surface area contributed by atoms with Gasteiger partial charge in [-0.2, -0.15) is 0 Å². The van der Waals surface area contributed by atoms with Crippen molar-refractivity contribution in [1.29, 1.82) is 0 Å². The molecule has 136 valence electrons. The van der Waals surface area contributed by atoms with Crippen molar-refractivity contribution in [2.45, 2.75) is 13.0 Å². The maximum atomic E-state index is 6.06. The lowest BCUT2D eigenvalue weighted by atomic mass is 10.0. The summed E-state index contributed by atoms with van der Waals surface area (Å²) in [5.41, 5.74) is 2.91. The molecule has 2 aromatic rings. The van der Waals surface area contributed by atoms with E-state index in [-0.39, 0.29) is 12.4 Å². The molecule has 0 atom stereocenters. The van der Waals surface area contributed by atoms with Gasteiger partial charge in [-0.3, -0.25) is 4.90 Å². The summed E-state index contributed by atoms with van der Waals surface area (Å²) in [5.74, 6) is 0.636. The highest BCUT2D eigenvalue weighted by molar-refractivity contribution is 6.35. The first-order valence-corrected chi connectivity index (χ1v) is 8.93. The maximum Gasteiger partial charge on any atom is 0.138 e. The Bertz CT molecular complexity index is 681. The van der Waals surface area contributed by atoms with Crippen LogP contribution in [0.3, 0.4) is 0 Å². The van der Waals surface area contributed by atoms with E-state index >= 15 is 0 Å². The van der Waals surface area contributed by atoms with E-state index in [1.165, 1.54) is 11.1 Å². The first-order valence-electron chi connectivity index (χ1n) is 8.17. The molecule has 0 fully saturated rings. The molecule has 0 aliphatic carbocycles. The lowest BCUT2D eigenvalue weighted by Crippen LogP contribution is -3.00. The SMILES string of the molecule is Clc1ccc(OCCOCCN2CCc3ccccc3C2)c(Cl)c1.[Cl-]. The van der Waals surface area contributed by atoms with Gasteiger partial charge in [0.2, 0.25) is 0 Å². The Morgan fingerprint density at radius 1 is 0.960 bits per heavy atom. The quantitative estimate of drug-likeness (QED) is 0.656. The van der Waals surface area contributed by atoms with Gasteiger partial charge in [-0.15, -0.1) is 0 Å². The maximum absolute atomic E-state index is 6.06. The fraction of sp³-hybridized carbons (Fsp3) is 0.368. The van der Waals surface area contributed by atoms with Crippen LogP contribution in [0.4, 0.5) is 0 Å². The Balaban J connectivity index is 0.00000225. The van der Waals surface area contributed by atoms with Crippen LogP contribution in [0.1, 0.15) is 11.1 Å². The summed E-state index contributed by atoms with van der Waals surface area (Å²) in [7, 11) is 0. The molecule has 0 saturated heterocycles. The summed E-state index contributed by atoms with van der Waals surface area (Å²) in [6, 6.07) is 13.9. The molecule has 0 aromatic heterocycles. The van der Waals surface area contributed by atoms with Gasteiger partial charge in [-0.05, 0) is 35.7 Å². The molecule has 3 rings (SSSR count). The lowest BCUT2D eigenvalue weighted by Gasteiger charge is -2.28. The van der Waals surface area contributed by atoms with Gasteiger partial charge in [-0.25, -0.2) is 0 Å². The number of hydrogen-bond donors (Lipinski definition) is 0. The summed E-state index contributed by atoms with van der Waals surface area (Å²) in [4.78, 5) is 2.43. The highest BCUT2D eigenvalue weighted by Crippen LogP contribution is 2.27. The number of ether oxygens (including phenoxy) is 2. The van der Waals surface area contributed by atoms with Crippen LogP contribution >= 0.6 is 23.2 Å². The largest absolute Gasteiger partial charge is 1.00 e. The van der Waals surface area contributed by atoms with Gasteiger partial charge >= 0.3 is 0 Å². The van der Waals surface area contributed by atoms with Crippen LogP contribution < -0.4 is 17.1 Å². The van der Waals surface area contributed by atoms with Crippen LogP contribution in [-0.4, -0.2) is 37.8 Å². The molecule has 0 unspecified atom stereocenters. The molecular formula is C19H21Cl3NO2-. The standard InChI is InChI=1S/C19H21Cl2NO2.ClH/c20-17-5-6-19(18(21)13-17)24-12-11-23-10-9-22-8-7-15-3-1-2-4-16(15)14-22;/h1-6,13H,7-12,14H2;1H/p-1. The third kappa shape index (κ3) is 6.05. The number of fused-ring (bicyclic) bond motifs is 1. The fourth-order valence-electron chi connectivity index (χ4n) is 2.84. The van der Waals surface area contributed by atoms with Crippen molar-refractivity contribution in [2.24, 2.45) is 0 Å². The van der Waals surface area contributed by atoms with Crippen LogP contribution in [0, 0.1) is 0 Å². The Hall–Kier alpha value is -0.970. The van der Waals surface area contributed by atoms with Crippen molar-refractivity contribution < 1.29 is 21.9 Å². The molecule has 1 aliphatic rings. The second-order valence-corrected chi connectivity index (χ2v) is 6.67. The van der Waals surface area contributed by atoms with Gasteiger partial charge in [0.1, 0.15) is 12.4 Å². The van der Waals surface area contributed by atoms with E-state index in [9.17, 15) is 0 Å². The monoisotopic (exact) mass is 400 g/mol. The van der Waals surface area contributed by atoms with Crippen LogP contribution in [0.25, 0.3) is 0 Å². The summed E-state index contributed by atoms with van der Waals surface area (Å²) in [5, 5.41) is 1.13. The van der Waals surface area contributed by atoms with Gasteiger partial charge in [0.25, 0.3) is 0 Å². The smallest absolute Gasteiger partial charge is 0.138 e. The Morgan fingerprint density at radius 2 is 1.76 bits per heavy atom. The molecule has 25 heavy (non-hydrogen) atoms. The van der Waals surface area contributed by atoms with Crippen LogP contribution in [0.15, 0.2) is 42.5 Å². The average molecular weight is 402 g/mol. The predicted molar refractivity (Wildman–Crippen MR) is 98.2 cm³/mol. The van der Waals surface area contributed by atoms with Crippen molar-refractivity contribution in [2.75, 3.05) is 32.9 Å².